The van der Waals surface area contributed by atoms with Gasteiger partial charge < -0.3 is 9.47 Å². The van der Waals surface area contributed by atoms with E-state index in [0.717, 1.165) is 30.5 Å². The van der Waals surface area contributed by atoms with Gasteiger partial charge in [0.2, 0.25) is 0 Å². The van der Waals surface area contributed by atoms with Crippen LogP contribution in [-0.2, 0) is 9.47 Å². The fourth-order valence-corrected chi connectivity index (χ4v) is 2.84. The molecular weight excluding hydrogens is 279 g/mol. The largest absolute Gasteiger partial charge is 0.381 e. The molecule has 0 aromatic heterocycles. The van der Waals surface area contributed by atoms with Gasteiger partial charge in [-0.15, -0.1) is 0 Å². The lowest BCUT2D eigenvalue weighted by Gasteiger charge is -2.35. The van der Waals surface area contributed by atoms with Gasteiger partial charge in [0.05, 0.1) is 11.2 Å². The Kier molecular flexibility index (Phi) is 2.87. The Morgan fingerprint density at radius 1 is 1.15 bits per heavy atom. The lowest BCUT2D eigenvalue weighted by atomic mass is 9.90. The van der Waals surface area contributed by atoms with Crippen molar-refractivity contribution >= 4 is 22.6 Å². The second-order valence-electron chi connectivity index (χ2n) is 4.48. The van der Waals surface area contributed by atoms with Crippen molar-refractivity contribution in [1.29, 1.82) is 0 Å². The van der Waals surface area contributed by atoms with E-state index in [1.807, 2.05) is 0 Å². The fraction of sp³-hybridized carbons (Fsp3) is 1.00. The maximum absolute atomic E-state index is 6.24. The first-order valence-corrected chi connectivity index (χ1v) is 6.55. The minimum absolute atomic E-state index is 0.137. The first-order chi connectivity index (χ1) is 6.18. The van der Waals surface area contributed by atoms with Gasteiger partial charge in [0.15, 0.2) is 0 Å². The van der Waals surface area contributed by atoms with Gasteiger partial charge in [0.1, 0.15) is 0 Å². The molecule has 2 aliphatic heterocycles. The average molecular weight is 296 g/mol. The van der Waals surface area contributed by atoms with E-state index in [1.54, 1.807) is 0 Å². The van der Waals surface area contributed by atoms with Crippen molar-refractivity contribution in [3.63, 3.8) is 0 Å². The lowest BCUT2D eigenvalue weighted by molar-refractivity contribution is -0.129. The van der Waals surface area contributed by atoms with Crippen LogP contribution >= 0.6 is 22.6 Å². The summed E-state index contributed by atoms with van der Waals surface area (Å²) in [5.41, 5.74) is 0.316. The summed E-state index contributed by atoms with van der Waals surface area (Å²) in [4.78, 5) is 0. The van der Waals surface area contributed by atoms with Gasteiger partial charge in [-0.2, -0.15) is 0 Å². The molecule has 0 radical (unpaired) electrons. The van der Waals surface area contributed by atoms with Crippen LogP contribution in [0.25, 0.3) is 0 Å². The maximum Gasteiger partial charge on any atom is 0.0752 e. The molecule has 2 fully saturated rings. The minimum Gasteiger partial charge on any atom is -0.381 e. The Bertz CT molecular complexity index is 189. The van der Waals surface area contributed by atoms with Crippen LogP contribution in [-0.4, -0.2) is 28.8 Å². The van der Waals surface area contributed by atoms with Crippen LogP contribution in [0.3, 0.4) is 0 Å². The standard InChI is InChI=1S/C10H17IO2/c1-9(8-11)2-3-10(13-9)4-6-12-7-5-10/h2-8H2,1H3. The molecule has 0 aliphatic carbocycles. The molecule has 0 saturated carbocycles. The van der Waals surface area contributed by atoms with E-state index in [2.05, 4.69) is 29.5 Å². The molecule has 0 amide bonds. The molecule has 0 N–H and O–H groups in total. The number of alkyl halides is 1. The summed E-state index contributed by atoms with van der Waals surface area (Å²) in [7, 11) is 0. The van der Waals surface area contributed by atoms with Crippen LogP contribution in [0.5, 0.6) is 0 Å². The smallest absolute Gasteiger partial charge is 0.0752 e. The SMILES string of the molecule is CC1(CI)CCC2(CCOCC2)O1. The topological polar surface area (TPSA) is 18.5 Å². The van der Waals surface area contributed by atoms with Crippen LogP contribution in [0.4, 0.5) is 0 Å². The number of rotatable bonds is 1. The molecule has 2 heterocycles. The van der Waals surface area contributed by atoms with E-state index in [1.165, 1.54) is 12.8 Å². The van der Waals surface area contributed by atoms with Crippen LogP contribution in [0.2, 0.25) is 0 Å². The fourth-order valence-electron chi connectivity index (χ4n) is 2.31. The number of hydrogen-bond donors (Lipinski definition) is 0. The Morgan fingerprint density at radius 2 is 1.85 bits per heavy atom. The van der Waals surface area contributed by atoms with Crippen molar-refractivity contribution in [2.45, 2.75) is 43.8 Å². The second kappa shape index (κ2) is 3.66. The molecule has 2 rings (SSSR count). The summed E-state index contributed by atoms with van der Waals surface area (Å²) >= 11 is 2.43. The van der Waals surface area contributed by atoms with Gasteiger partial charge >= 0.3 is 0 Å². The van der Waals surface area contributed by atoms with Crippen molar-refractivity contribution in [1.82, 2.24) is 0 Å². The minimum atomic E-state index is 0.137. The van der Waals surface area contributed by atoms with Crippen LogP contribution in [0, 0.1) is 0 Å². The Hall–Kier alpha value is 0.650. The molecule has 1 unspecified atom stereocenters. The summed E-state index contributed by atoms with van der Waals surface area (Å²) in [6.45, 7) is 4.01. The predicted octanol–water partition coefficient (Wildman–Crippen LogP) is 2.54. The summed E-state index contributed by atoms with van der Waals surface area (Å²) in [6.07, 6.45) is 4.64. The molecule has 0 aromatic rings. The first kappa shape index (κ1) is 10.2. The lowest BCUT2D eigenvalue weighted by Crippen LogP contribution is -2.39. The van der Waals surface area contributed by atoms with E-state index >= 15 is 0 Å². The van der Waals surface area contributed by atoms with Crippen LogP contribution in [0.1, 0.15) is 32.6 Å². The van der Waals surface area contributed by atoms with Gasteiger partial charge in [-0.05, 0) is 32.6 Å². The highest BCUT2D eigenvalue weighted by molar-refractivity contribution is 14.1. The molecule has 2 saturated heterocycles. The second-order valence-corrected chi connectivity index (χ2v) is 5.24. The molecule has 3 heteroatoms. The summed E-state index contributed by atoms with van der Waals surface area (Å²) in [6, 6.07) is 0. The summed E-state index contributed by atoms with van der Waals surface area (Å²) in [5, 5.41) is 0. The molecule has 1 spiro atoms. The molecule has 2 aliphatic rings. The van der Waals surface area contributed by atoms with Crippen LogP contribution < -0.4 is 0 Å². The van der Waals surface area contributed by atoms with Gasteiger partial charge in [-0.3, -0.25) is 0 Å². The molecule has 76 valence electrons. The monoisotopic (exact) mass is 296 g/mol. The van der Waals surface area contributed by atoms with Gasteiger partial charge in [0.25, 0.3) is 0 Å². The summed E-state index contributed by atoms with van der Waals surface area (Å²) in [5.74, 6) is 0. The maximum atomic E-state index is 6.24. The third-order valence-corrected chi connectivity index (χ3v) is 4.87. The number of halogens is 1. The third-order valence-electron chi connectivity index (χ3n) is 3.26. The molecule has 2 nitrogen and oxygen atoms in total. The number of hydrogen-bond acceptors (Lipinski definition) is 2. The van der Waals surface area contributed by atoms with E-state index < -0.39 is 0 Å². The first-order valence-electron chi connectivity index (χ1n) is 5.02. The van der Waals surface area contributed by atoms with E-state index in [9.17, 15) is 0 Å². The Morgan fingerprint density at radius 3 is 2.38 bits per heavy atom. The molecule has 0 aromatic carbocycles. The average Bonchev–Trinajstić information content (AvgIpc) is 2.47. The normalized spacial score (nSPS) is 38.3. The van der Waals surface area contributed by atoms with Crippen molar-refractivity contribution in [2.75, 3.05) is 17.6 Å². The number of ether oxygens (including phenoxy) is 2. The predicted molar refractivity (Wildman–Crippen MR) is 60.4 cm³/mol. The van der Waals surface area contributed by atoms with E-state index in [-0.39, 0.29) is 11.2 Å². The van der Waals surface area contributed by atoms with E-state index in [0.29, 0.717) is 0 Å². The van der Waals surface area contributed by atoms with E-state index in [4.69, 9.17) is 9.47 Å². The van der Waals surface area contributed by atoms with Crippen molar-refractivity contribution < 1.29 is 9.47 Å². The molecule has 0 bridgehead atoms. The van der Waals surface area contributed by atoms with Gasteiger partial charge in [-0.1, -0.05) is 22.6 Å². The zero-order valence-electron chi connectivity index (χ0n) is 8.14. The van der Waals surface area contributed by atoms with Gasteiger partial charge in [0, 0.05) is 17.6 Å². The highest BCUT2D eigenvalue weighted by Gasteiger charge is 2.46. The zero-order chi connectivity index (χ0) is 9.36. The van der Waals surface area contributed by atoms with Crippen LogP contribution in [0.15, 0.2) is 0 Å². The molecule has 13 heavy (non-hydrogen) atoms. The highest BCUT2D eigenvalue weighted by Crippen LogP contribution is 2.44. The quantitative estimate of drug-likeness (QED) is 0.547. The summed E-state index contributed by atoms with van der Waals surface area (Å²) < 4.78 is 12.7. The third kappa shape index (κ3) is 2.02. The highest BCUT2D eigenvalue weighted by atomic mass is 127. The van der Waals surface area contributed by atoms with Crippen molar-refractivity contribution in [2.24, 2.45) is 0 Å². The zero-order valence-corrected chi connectivity index (χ0v) is 10.3. The Labute approximate surface area is 93.5 Å². The van der Waals surface area contributed by atoms with Crippen molar-refractivity contribution in [3.05, 3.63) is 0 Å². The molecule has 1 atom stereocenters. The Balaban J connectivity index is 2.02. The van der Waals surface area contributed by atoms with Gasteiger partial charge in [-0.25, -0.2) is 0 Å². The van der Waals surface area contributed by atoms with Crippen molar-refractivity contribution in [3.8, 4) is 0 Å². The molecular formula is C10H17IO2.